The second-order valence-corrected chi connectivity index (χ2v) is 4.32. The van der Waals surface area contributed by atoms with Crippen LogP contribution in [0, 0.1) is 18.2 Å². The monoisotopic (exact) mass is 258 g/mol. The van der Waals surface area contributed by atoms with Crippen molar-refractivity contribution in [1.29, 1.82) is 5.41 Å². The second-order valence-electron chi connectivity index (χ2n) is 4.32. The van der Waals surface area contributed by atoms with Crippen LogP contribution in [-0.2, 0) is 6.61 Å². The van der Waals surface area contributed by atoms with E-state index in [1.54, 1.807) is 6.07 Å². The first-order valence-electron chi connectivity index (χ1n) is 5.88. The summed E-state index contributed by atoms with van der Waals surface area (Å²) in [5.74, 6) is 0.184. The van der Waals surface area contributed by atoms with Crippen LogP contribution in [0.2, 0.25) is 0 Å². The van der Waals surface area contributed by atoms with Gasteiger partial charge in [0.05, 0.1) is 0 Å². The molecule has 0 saturated carbocycles. The largest absolute Gasteiger partial charge is 0.489 e. The van der Waals surface area contributed by atoms with Crippen molar-refractivity contribution in [2.24, 2.45) is 5.73 Å². The minimum absolute atomic E-state index is 0.156. The number of ether oxygens (including phenoxy) is 1. The molecule has 0 aliphatic rings. The summed E-state index contributed by atoms with van der Waals surface area (Å²) in [4.78, 5) is 0. The Morgan fingerprint density at radius 3 is 2.68 bits per heavy atom. The Labute approximate surface area is 111 Å². The summed E-state index contributed by atoms with van der Waals surface area (Å²) in [7, 11) is 0. The molecular weight excluding hydrogens is 243 g/mol. The number of hydrogen-bond acceptors (Lipinski definition) is 2. The highest BCUT2D eigenvalue weighted by atomic mass is 19.1. The number of rotatable bonds is 4. The fourth-order valence-electron chi connectivity index (χ4n) is 1.77. The molecule has 0 atom stereocenters. The normalized spacial score (nSPS) is 10.2. The minimum atomic E-state index is -0.420. The van der Waals surface area contributed by atoms with E-state index in [2.05, 4.69) is 0 Å². The fraction of sp³-hybridized carbons (Fsp3) is 0.133. The number of nitrogens with two attached hydrogens (primary N) is 1. The van der Waals surface area contributed by atoms with Crippen molar-refractivity contribution in [3.8, 4) is 5.75 Å². The topological polar surface area (TPSA) is 59.1 Å². The summed E-state index contributed by atoms with van der Waals surface area (Å²) in [6.45, 7) is 2.19. The van der Waals surface area contributed by atoms with E-state index < -0.39 is 5.82 Å². The Morgan fingerprint density at radius 2 is 2.00 bits per heavy atom. The zero-order valence-electron chi connectivity index (χ0n) is 10.6. The summed E-state index contributed by atoms with van der Waals surface area (Å²) < 4.78 is 19.0. The summed E-state index contributed by atoms with van der Waals surface area (Å²) in [6, 6.07) is 11.9. The lowest BCUT2D eigenvalue weighted by molar-refractivity contribution is 0.303. The van der Waals surface area contributed by atoms with Crippen molar-refractivity contribution in [3.05, 3.63) is 65.0 Å². The molecular formula is C15H15FN2O. The maximum Gasteiger partial charge on any atom is 0.124 e. The van der Waals surface area contributed by atoms with Gasteiger partial charge in [-0.05, 0) is 42.3 Å². The molecule has 98 valence electrons. The number of nitrogens with one attached hydrogen (secondary N) is 1. The summed E-state index contributed by atoms with van der Waals surface area (Å²) in [5, 5.41) is 7.33. The molecule has 2 rings (SSSR count). The van der Waals surface area contributed by atoms with Crippen LogP contribution in [0.1, 0.15) is 16.7 Å². The summed E-state index contributed by atoms with van der Waals surface area (Å²) in [5.41, 5.74) is 7.39. The fourth-order valence-corrected chi connectivity index (χ4v) is 1.77. The van der Waals surface area contributed by atoms with Crippen molar-refractivity contribution < 1.29 is 9.13 Å². The van der Waals surface area contributed by atoms with Crippen molar-refractivity contribution in [2.45, 2.75) is 13.5 Å². The van der Waals surface area contributed by atoms with E-state index in [4.69, 9.17) is 15.9 Å². The van der Waals surface area contributed by atoms with Gasteiger partial charge in [-0.15, -0.1) is 0 Å². The average Bonchev–Trinajstić information content (AvgIpc) is 2.37. The number of amidine groups is 1. The lowest BCUT2D eigenvalue weighted by Gasteiger charge is -2.10. The van der Waals surface area contributed by atoms with Crippen LogP contribution >= 0.6 is 0 Å². The molecule has 2 aromatic carbocycles. The molecule has 2 aromatic rings. The molecule has 0 unspecified atom stereocenters. The molecule has 0 heterocycles. The SMILES string of the molecule is Cc1ccccc1OCc1cc(F)cc(C(=N)N)c1. The van der Waals surface area contributed by atoms with Crippen molar-refractivity contribution in [3.63, 3.8) is 0 Å². The molecule has 4 heteroatoms. The first-order valence-corrected chi connectivity index (χ1v) is 5.88. The smallest absolute Gasteiger partial charge is 0.124 e. The third kappa shape index (κ3) is 3.31. The molecule has 0 spiro atoms. The highest BCUT2D eigenvalue weighted by Crippen LogP contribution is 2.18. The quantitative estimate of drug-likeness (QED) is 0.654. The van der Waals surface area contributed by atoms with Gasteiger partial charge in [0.25, 0.3) is 0 Å². The van der Waals surface area contributed by atoms with Crippen molar-refractivity contribution >= 4 is 5.84 Å². The molecule has 0 bridgehead atoms. The minimum Gasteiger partial charge on any atom is -0.489 e. The zero-order chi connectivity index (χ0) is 13.8. The predicted molar refractivity (Wildman–Crippen MR) is 72.9 cm³/mol. The average molecular weight is 258 g/mol. The van der Waals surface area contributed by atoms with Gasteiger partial charge in [0, 0.05) is 5.56 Å². The number of para-hydroxylation sites is 1. The molecule has 0 aromatic heterocycles. The number of halogens is 1. The van der Waals surface area contributed by atoms with E-state index in [0.29, 0.717) is 11.1 Å². The molecule has 3 nitrogen and oxygen atoms in total. The predicted octanol–water partition coefficient (Wildman–Crippen LogP) is 3.00. The molecule has 19 heavy (non-hydrogen) atoms. The van der Waals surface area contributed by atoms with Gasteiger partial charge in [-0.2, -0.15) is 0 Å². The van der Waals surface area contributed by atoms with Gasteiger partial charge >= 0.3 is 0 Å². The van der Waals surface area contributed by atoms with Crippen LogP contribution < -0.4 is 10.5 Å². The third-order valence-electron chi connectivity index (χ3n) is 2.76. The Morgan fingerprint density at radius 1 is 1.26 bits per heavy atom. The lowest BCUT2D eigenvalue weighted by Crippen LogP contribution is -2.12. The Hall–Kier alpha value is -2.36. The van der Waals surface area contributed by atoms with E-state index in [1.165, 1.54) is 12.1 Å². The maximum atomic E-state index is 13.4. The van der Waals surface area contributed by atoms with Gasteiger partial charge in [-0.1, -0.05) is 18.2 Å². The first kappa shape index (κ1) is 13.1. The van der Waals surface area contributed by atoms with E-state index in [-0.39, 0.29) is 12.4 Å². The Kier molecular flexibility index (Phi) is 3.80. The molecule has 0 radical (unpaired) electrons. The number of aryl methyl sites for hydroxylation is 1. The molecule has 3 N–H and O–H groups in total. The maximum absolute atomic E-state index is 13.4. The van der Waals surface area contributed by atoms with Gasteiger partial charge in [-0.3, -0.25) is 5.41 Å². The van der Waals surface area contributed by atoms with E-state index in [9.17, 15) is 4.39 Å². The third-order valence-corrected chi connectivity index (χ3v) is 2.76. The summed E-state index contributed by atoms with van der Waals surface area (Å²) >= 11 is 0. The van der Waals surface area contributed by atoms with Crippen LogP contribution in [0.5, 0.6) is 5.75 Å². The van der Waals surface area contributed by atoms with Gasteiger partial charge in [0.15, 0.2) is 0 Å². The van der Waals surface area contributed by atoms with E-state index in [1.807, 2.05) is 31.2 Å². The standard InChI is InChI=1S/C15H15FN2O/c1-10-4-2-3-5-14(10)19-9-11-6-12(15(17)18)8-13(16)7-11/h2-8H,9H2,1H3,(H3,17,18). The molecule has 0 aliphatic heterocycles. The Bertz CT molecular complexity index is 611. The molecule has 0 saturated heterocycles. The van der Waals surface area contributed by atoms with Crippen LogP contribution in [0.4, 0.5) is 4.39 Å². The lowest BCUT2D eigenvalue weighted by atomic mass is 10.1. The van der Waals surface area contributed by atoms with Crippen LogP contribution in [0.3, 0.4) is 0 Å². The number of benzene rings is 2. The van der Waals surface area contributed by atoms with Crippen molar-refractivity contribution in [2.75, 3.05) is 0 Å². The second kappa shape index (κ2) is 5.52. The molecule has 0 fully saturated rings. The van der Waals surface area contributed by atoms with Crippen LogP contribution in [0.15, 0.2) is 42.5 Å². The van der Waals surface area contributed by atoms with Crippen LogP contribution in [0.25, 0.3) is 0 Å². The van der Waals surface area contributed by atoms with E-state index in [0.717, 1.165) is 11.3 Å². The van der Waals surface area contributed by atoms with Gasteiger partial charge in [-0.25, -0.2) is 4.39 Å². The van der Waals surface area contributed by atoms with Crippen LogP contribution in [-0.4, -0.2) is 5.84 Å². The van der Waals surface area contributed by atoms with Gasteiger partial charge < -0.3 is 10.5 Å². The number of hydrogen-bond donors (Lipinski definition) is 2. The summed E-state index contributed by atoms with van der Waals surface area (Å²) in [6.07, 6.45) is 0. The Balaban J connectivity index is 2.16. The van der Waals surface area contributed by atoms with Crippen molar-refractivity contribution in [1.82, 2.24) is 0 Å². The first-order chi connectivity index (χ1) is 9.06. The zero-order valence-corrected chi connectivity index (χ0v) is 10.6. The molecule has 0 amide bonds. The molecule has 0 aliphatic carbocycles. The number of nitrogen functional groups attached to an aromatic ring is 1. The van der Waals surface area contributed by atoms with Gasteiger partial charge in [0.1, 0.15) is 24.0 Å². The van der Waals surface area contributed by atoms with Gasteiger partial charge in [0.2, 0.25) is 0 Å². The van der Waals surface area contributed by atoms with E-state index >= 15 is 0 Å². The highest BCUT2D eigenvalue weighted by molar-refractivity contribution is 5.95. The highest BCUT2D eigenvalue weighted by Gasteiger charge is 2.05.